The second kappa shape index (κ2) is 5.29. The number of rotatable bonds is 4. The highest BCUT2D eigenvalue weighted by Crippen LogP contribution is 2.32. The lowest BCUT2D eigenvalue weighted by atomic mass is 9.91. The average molecular weight is 266 g/mol. The molecule has 3 heteroatoms. The van der Waals surface area contributed by atoms with Gasteiger partial charge in [0.05, 0.1) is 13.0 Å². The van der Waals surface area contributed by atoms with Crippen LogP contribution in [0.15, 0.2) is 54.9 Å². The summed E-state index contributed by atoms with van der Waals surface area (Å²) in [6, 6.07) is 14.6. The van der Waals surface area contributed by atoms with Crippen LogP contribution in [0.2, 0.25) is 0 Å². The number of aromatic nitrogens is 2. The third-order valence-electron chi connectivity index (χ3n) is 3.51. The molecule has 0 spiro atoms. The topological polar surface area (TPSA) is 40.8 Å². The van der Waals surface area contributed by atoms with Crippen molar-refractivity contribution in [2.45, 2.75) is 12.8 Å². The van der Waals surface area contributed by atoms with Crippen molar-refractivity contribution in [3.63, 3.8) is 0 Å². The third kappa shape index (κ3) is 2.35. The maximum atomic E-state index is 5.40. The predicted molar refractivity (Wildman–Crippen MR) is 80.3 cm³/mol. The Balaban J connectivity index is 2.13. The molecule has 0 unspecified atom stereocenters. The second-order valence-electron chi connectivity index (χ2n) is 4.97. The first-order valence-corrected chi connectivity index (χ1v) is 6.70. The van der Waals surface area contributed by atoms with E-state index in [1.807, 2.05) is 30.6 Å². The highest BCUT2D eigenvalue weighted by atomic mass is 16.5. The zero-order valence-electron chi connectivity index (χ0n) is 11.7. The van der Waals surface area contributed by atoms with Crippen LogP contribution in [-0.2, 0) is 0 Å². The lowest BCUT2D eigenvalue weighted by Crippen LogP contribution is -2.05. The van der Waals surface area contributed by atoms with Crippen LogP contribution in [0.1, 0.15) is 28.4 Å². The van der Waals surface area contributed by atoms with Gasteiger partial charge in [-0.3, -0.25) is 0 Å². The number of H-pyrrole nitrogens is 2. The van der Waals surface area contributed by atoms with Crippen LogP contribution in [0, 0.1) is 6.92 Å². The van der Waals surface area contributed by atoms with E-state index in [1.54, 1.807) is 7.11 Å². The van der Waals surface area contributed by atoms with Gasteiger partial charge in [0.15, 0.2) is 0 Å². The van der Waals surface area contributed by atoms with Crippen LogP contribution in [0.3, 0.4) is 0 Å². The number of hydrogen-bond acceptors (Lipinski definition) is 1. The molecule has 0 atom stereocenters. The molecule has 2 N–H and O–H groups in total. The highest BCUT2D eigenvalue weighted by Gasteiger charge is 2.19. The second-order valence-corrected chi connectivity index (χ2v) is 4.97. The first-order chi connectivity index (χ1) is 9.78. The smallest absolute Gasteiger partial charge is 0.119 e. The number of nitrogens with one attached hydrogen (secondary N) is 2. The summed E-state index contributed by atoms with van der Waals surface area (Å²) in [5.74, 6) is 1.05. The fourth-order valence-corrected chi connectivity index (χ4v) is 2.64. The predicted octanol–water partition coefficient (Wildman–Crippen LogP) is 3.84. The SMILES string of the molecule is COc1cc(C)cc(C(c2ccc[nH]2)c2ccc[nH]2)c1. The van der Waals surface area contributed by atoms with Gasteiger partial charge < -0.3 is 14.7 Å². The largest absolute Gasteiger partial charge is 0.497 e. The fourth-order valence-electron chi connectivity index (χ4n) is 2.64. The Morgan fingerprint density at radius 2 is 1.60 bits per heavy atom. The van der Waals surface area contributed by atoms with Gasteiger partial charge in [-0.1, -0.05) is 6.07 Å². The van der Waals surface area contributed by atoms with Gasteiger partial charge in [-0.15, -0.1) is 0 Å². The van der Waals surface area contributed by atoms with Gasteiger partial charge in [0.2, 0.25) is 0 Å². The molecule has 2 heterocycles. The summed E-state index contributed by atoms with van der Waals surface area (Å²) in [4.78, 5) is 6.64. The van der Waals surface area contributed by atoms with Gasteiger partial charge >= 0.3 is 0 Å². The van der Waals surface area contributed by atoms with Crippen molar-refractivity contribution in [2.24, 2.45) is 0 Å². The molecule has 3 rings (SSSR count). The number of methoxy groups -OCH3 is 1. The van der Waals surface area contributed by atoms with E-state index in [0.717, 1.165) is 5.75 Å². The molecule has 3 nitrogen and oxygen atoms in total. The van der Waals surface area contributed by atoms with Gasteiger partial charge in [-0.05, 0) is 54.4 Å². The molecule has 20 heavy (non-hydrogen) atoms. The summed E-state index contributed by atoms with van der Waals surface area (Å²) in [5.41, 5.74) is 4.74. The van der Waals surface area contributed by atoms with E-state index in [2.05, 4.69) is 41.2 Å². The van der Waals surface area contributed by atoms with Crippen LogP contribution in [-0.4, -0.2) is 17.1 Å². The van der Waals surface area contributed by atoms with E-state index >= 15 is 0 Å². The van der Waals surface area contributed by atoms with Gasteiger partial charge in [0.1, 0.15) is 5.75 Å². The van der Waals surface area contributed by atoms with E-state index in [4.69, 9.17) is 4.74 Å². The summed E-state index contributed by atoms with van der Waals surface area (Å²) < 4.78 is 5.40. The van der Waals surface area contributed by atoms with E-state index < -0.39 is 0 Å². The lowest BCUT2D eigenvalue weighted by molar-refractivity contribution is 0.414. The molecule has 1 aromatic carbocycles. The monoisotopic (exact) mass is 266 g/mol. The Bertz CT molecular complexity index is 635. The summed E-state index contributed by atoms with van der Waals surface area (Å²) in [6.07, 6.45) is 3.91. The molecule has 0 fully saturated rings. The van der Waals surface area contributed by atoms with Crippen molar-refractivity contribution in [3.8, 4) is 5.75 Å². The number of ether oxygens (including phenoxy) is 1. The molecule has 0 aliphatic carbocycles. The van der Waals surface area contributed by atoms with Gasteiger partial charge in [-0.25, -0.2) is 0 Å². The van der Waals surface area contributed by atoms with Crippen molar-refractivity contribution in [1.82, 2.24) is 9.97 Å². The molecule has 0 aliphatic heterocycles. The van der Waals surface area contributed by atoms with Crippen LogP contribution >= 0.6 is 0 Å². The van der Waals surface area contributed by atoms with Gasteiger partial charge in [0.25, 0.3) is 0 Å². The molecule has 0 saturated heterocycles. The van der Waals surface area contributed by atoms with E-state index in [1.165, 1.54) is 22.5 Å². The molecule has 3 aromatic rings. The van der Waals surface area contributed by atoms with E-state index in [-0.39, 0.29) is 5.92 Å². The molecule has 0 aliphatic rings. The first kappa shape index (κ1) is 12.6. The van der Waals surface area contributed by atoms with Crippen molar-refractivity contribution < 1.29 is 4.74 Å². The quantitative estimate of drug-likeness (QED) is 0.740. The highest BCUT2D eigenvalue weighted by molar-refractivity contribution is 5.43. The molecule has 0 bridgehead atoms. The van der Waals surface area contributed by atoms with Crippen LogP contribution in [0.5, 0.6) is 5.75 Å². The Kier molecular flexibility index (Phi) is 3.33. The molecular weight excluding hydrogens is 248 g/mol. The standard InChI is InChI=1S/C17H18N2O/c1-12-9-13(11-14(10-12)20-2)17(15-5-3-7-18-15)16-6-4-8-19-16/h3-11,17-19H,1-2H3. The molecule has 102 valence electrons. The van der Waals surface area contributed by atoms with Gasteiger partial charge in [-0.2, -0.15) is 0 Å². The molecule has 0 amide bonds. The number of benzene rings is 1. The van der Waals surface area contributed by atoms with Crippen LogP contribution in [0.25, 0.3) is 0 Å². The molecular formula is C17H18N2O. The van der Waals surface area contributed by atoms with Crippen molar-refractivity contribution in [1.29, 1.82) is 0 Å². The Hall–Kier alpha value is -2.42. The minimum absolute atomic E-state index is 0.161. The van der Waals surface area contributed by atoms with E-state index in [9.17, 15) is 0 Å². The van der Waals surface area contributed by atoms with Crippen molar-refractivity contribution in [2.75, 3.05) is 7.11 Å². The Morgan fingerprint density at radius 1 is 0.950 bits per heavy atom. The van der Waals surface area contributed by atoms with Gasteiger partial charge in [0, 0.05) is 23.8 Å². The summed E-state index contributed by atoms with van der Waals surface area (Å²) in [5, 5.41) is 0. The molecule has 0 radical (unpaired) electrons. The zero-order chi connectivity index (χ0) is 13.9. The fraction of sp³-hybridized carbons (Fsp3) is 0.176. The average Bonchev–Trinajstić information content (AvgIpc) is 3.12. The zero-order valence-corrected chi connectivity index (χ0v) is 11.7. The van der Waals surface area contributed by atoms with E-state index in [0.29, 0.717) is 0 Å². The normalized spacial score (nSPS) is 10.9. The minimum atomic E-state index is 0.161. The number of aryl methyl sites for hydroxylation is 1. The van der Waals surface area contributed by atoms with Crippen molar-refractivity contribution in [3.05, 3.63) is 77.4 Å². The number of aromatic amines is 2. The van der Waals surface area contributed by atoms with Crippen LogP contribution in [0.4, 0.5) is 0 Å². The van der Waals surface area contributed by atoms with Crippen molar-refractivity contribution >= 4 is 0 Å². The summed E-state index contributed by atoms with van der Waals surface area (Å²) in [6.45, 7) is 2.09. The number of hydrogen-bond donors (Lipinski definition) is 2. The maximum Gasteiger partial charge on any atom is 0.119 e. The first-order valence-electron chi connectivity index (χ1n) is 6.70. The van der Waals surface area contributed by atoms with Crippen LogP contribution < -0.4 is 4.74 Å². The molecule has 2 aromatic heterocycles. The maximum absolute atomic E-state index is 5.40. The molecule has 0 saturated carbocycles. The summed E-state index contributed by atoms with van der Waals surface area (Å²) >= 11 is 0. The Labute approximate surface area is 118 Å². The minimum Gasteiger partial charge on any atom is -0.497 e. The Morgan fingerprint density at radius 3 is 2.10 bits per heavy atom. The summed E-state index contributed by atoms with van der Waals surface area (Å²) in [7, 11) is 1.71. The third-order valence-corrected chi connectivity index (χ3v) is 3.51. The lowest BCUT2D eigenvalue weighted by Gasteiger charge is -2.17.